The second kappa shape index (κ2) is 11.6. The van der Waals surface area contributed by atoms with E-state index >= 15 is 0 Å². The van der Waals surface area contributed by atoms with E-state index in [0.29, 0.717) is 0 Å². The summed E-state index contributed by atoms with van der Waals surface area (Å²) in [6.07, 6.45) is -15.6. The molecule has 1 aromatic heterocycles. The Morgan fingerprint density at radius 3 is 2.14 bits per heavy atom. The van der Waals surface area contributed by atoms with Crippen LogP contribution in [-0.4, -0.2) is 125 Å². The Labute approximate surface area is 239 Å². The van der Waals surface area contributed by atoms with Crippen molar-refractivity contribution in [1.82, 2.24) is 0 Å². The molecule has 5 rings (SSSR count). The summed E-state index contributed by atoms with van der Waals surface area (Å²) in [7, 11) is 0. The van der Waals surface area contributed by atoms with Crippen LogP contribution in [0.2, 0.25) is 0 Å². The lowest BCUT2D eigenvalue weighted by Crippen LogP contribution is -2.63. The van der Waals surface area contributed by atoms with Crippen LogP contribution in [0.25, 0.3) is 22.3 Å². The summed E-state index contributed by atoms with van der Waals surface area (Å²) in [6.45, 7) is -1.36. The molecule has 2 saturated heterocycles. The number of hydrogen-bond acceptors (Lipinski definition) is 17. The van der Waals surface area contributed by atoms with E-state index in [0.717, 1.165) is 24.3 Å². The third-order valence-electron chi connectivity index (χ3n) is 7.05. The molecule has 17 heteroatoms. The topological polar surface area (TPSA) is 290 Å². The lowest BCUT2D eigenvalue weighted by atomic mass is 9.98. The van der Waals surface area contributed by atoms with Crippen LogP contribution in [0.15, 0.2) is 33.5 Å². The fourth-order valence-corrected chi connectivity index (χ4v) is 4.80. The van der Waals surface area contributed by atoms with Gasteiger partial charge < -0.3 is 79.5 Å². The van der Waals surface area contributed by atoms with E-state index in [-0.39, 0.29) is 11.1 Å². The molecule has 0 unspecified atom stereocenters. The van der Waals surface area contributed by atoms with Crippen molar-refractivity contribution in [2.24, 2.45) is 0 Å². The molecule has 3 aromatic rings. The van der Waals surface area contributed by atoms with Crippen molar-refractivity contribution in [3.8, 4) is 45.8 Å². The number of aliphatic hydroxyl groups is 6. The fraction of sp³-hybridized carbons (Fsp3) is 0.423. The zero-order valence-electron chi connectivity index (χ0n) is 21.8. The number of phenols is 5. The molecular formula is C26H28O17. The largest absolute Gasteiger partial charge is 0.508 e. The summed E-state index contributed by atoms with van der Waals surface area (Å²) >= 11 is 0. The highest BCUT2D eigenvalue weighted by molar-refractivity contribution is 5.88. The van der Waals surface area contributed by atoms with Crippen LogP contribution in [0, 0.1) is 0 Å². The van der Waals surface area contributed by atoms with Crippen molar-refractivity contribution in [1.29, 1.82) is 0 Å². The molecule has 0 bridgehead atoms. The van der Waals surface area contributed by atoms with Gasteiger partial charge in [-0.25, -0.2) is 0 Å². The number of aliphatic hydroxyl groups excluding tert-OH is 6. The quantitative estimate of drug-likeness (QED) is 0.130. The summed E-state index contributed by atoms with van der Waals surface area (Å²) in [5.41, 5.74) is -1.68. The number of phenolic OH excluding ortho intramolecular Hbond substituents is 5. The van der Waals surface area contributed by atoms with Crippen LogP contribution >= 0.6 is 0 Å². The molecule has 2 aliphatic rings. The summed E-state index contributed by atoms with van der Waals surface area (Å²) in [6, 6.07) is 3.60. The Balaban J connectivity index is 1.53. The minimum Gasteiger partial charge on any atom is -0.508 e. The average Bonchev–Trinajstić information content (AvgIpc) is 2.95. The van der Waals surface area contributed by atoms with Gasteiger partial charge in [-0.15, -0.1) is 0 Å². The Hall–Kier alpha value is -3.91. The SMILES string of the molecule is O=c1c(O[C@@H]2OC[C@H](O)[C@H](O[C@@H]3O[C@H](CO)[C@@H](O)[C@H](O)[C@H]3O)[C@H]2O)c(-c2cc(O)c(O)c(O)c2)oc2cc(O)cc(O)c12. The lowest BCUT2D eigenvalue weighted by molar-refractivity contribution is -0.343. The fourth-order valence-electron chi connectivity index (χ4n) is 4.80. The molecule has 2 aromatic carbocycles. The van der Waals surface area contributed by atoms with Crippen LogP contribution in [0.4, 0.5) is 0 Å². The van der Waals surface area contributed by atoms with E-state index in [1.807, 2.05) is 0 Å². The molecular weight excluding hydrogens is 584 g/mol. The predicted octanol–water partition coefficient (Wildman–Crippen LogP) is -2.37. The minimum atomic E-state index is -1.96. The maximum atomic E-state index is 13.6. The Morgan fingerprint density at radius 2 is 1.49 bits per heavy atom. The minimum absolute atomic E-state index is 0.246. The van der Waals surface area contributed by atoms with Crippen molar-refractivity contribution in [2.75, 3.05) is 13.2 Å². The molecule has 0 spiro atoms. The first kappa shape index (κ1) is 30.5. The molecule has 9 atom stereocenters. The van der Waals surface area contributed by atoms with Crippen molar-refractivity contribution >= 4 is 11.0 Å². The number of fused-ring (bicyclic) bond motifs is 1. The van der Waals surface area contributed by atoms with Gasteiger partial charge in [0.05, 0.1) is 13.2 Å². The second-order valence-electron chi connectivity index (χ2n) is 9.97. The molecule has 234 valence electrons. The molecule has 3 heterocycles. The summed E-state index contributed by atoms with van der Waals surface area (Å²) in [5, 5.41) is 111. The van der Waals surface area contributed by atoms with Crippen molar-refractivity contribution in [3.05, 3.63) is 34.5 Å². The number of rotatable bonds is 6. The average molecular weight is 612 g/mol. The predicted molar refractivity (Wildman–Crippen MR) is 137 cm³/mol. The van der Waals surface area contributed by atoms with Crippen molar-refractivity contribution in [2.45, 2.75) is 55.3 Å². The number of hydrogen-bond donors (Lipinski definition) is 11. The first-order valence-electron chi connectivity index (χ1n) is 12.7. The molecule has 11 N–H and O–H groups in total. The van der Waals surface area contributed by atoms with Crippen LogP contribution in [0.3, 0.4) is 0 Å². The van der Waals surface area contributed by atoms with Gasteiger partial charge in [0, 0.05) is 17.7 Å². The Morgan fingerprint density at radius 1 is 0.814 bits per heavy atom. The molecule has 2 fully saturated rings. The maximum Gasteiger partial charge on any atom is 0.239 e. The van der Waals surface area contributed by atoms with E-state index in [1.54, 1.807) is 0 Å². The normalized spacial score (nSPS) is 31.3. The standard InChI is InChI=1S/C26H28O17/c27-5-14-17(34)19(36)20(37)26(41-14)42-23-12(32)6-39-25(21(23)38)43-24-18(35)15-9(29)3-8(28)4-13(15)40-22(24)7-1-10(30)16(33)11(31)2-7/h1-4,12,14,17,19-21,23,25-34,36-38H,5-6H2/t12-,14+,17+,19-,20+,21+,23-,25-,26-/m0/s1. The first-order chi connectivity index (χ1) is 20.3. The number of ether oxygens (including phenoxy) is 4. The van der Waals surface area contributed by atoms with Crippen LogP contribution in [0.5, 0.6) is 34.5 Å². The van der Waals surface area contributed by atoms with Gasteiger partial charge in [-0.1, -0.05) is 0 Å². The summed E-state index contributed by atoms with van der Waals surface area (Å²) in [4.78, 5) is 13.6. The van der Waals surface area contributed by atoms with E-state index in [4.69, 9.17) is 23.4 Å². The molecule has 17 nitrogen and oxygen atoms in total. The van der Waals surface area contributed by atoms with Gasteiger partial charge in [0.1, 0.15) is 65.2 Å². The van der Waals surface area contributed by atoms with E-state index < -0.39 is 120 Å². The Kier molecular flexibility index (Phi) is 8.27. The first-order valence-corrected chi connectivity index (χ1v) is 12.7. The van der Waals surface area contributed by atoms with Crippen molar-refractivity contribution in [3.63, 3.8) is 0 Å². The highest BCUT2D eigenvalue weighted by atomic mass is 16.7. The van der Waals surface area contributed by atoms with Gasteiger partial charge >= 0.3 is 0 Å². The Bertz CT molecular complexity index is 1530. The van der Waals surface area contributed by atoms with Crippen LogP contribution < -0.4 is 10.2 Å². The number of aromatic hydroxyl groups is 5. The van der Waals surface area contributed by atoms with E-state index in [1.165, 1.54) is 0 Å². The van der Waals surface area contributed by atoms with Crippen molar-refractivity contribution < 1.29 is 79.5 Å². The van der Waals surface area contributed by atoms with Gasteiger partial charge in [0.2, 0.25) is 17.5 Å². The van der Waals surface area contributed by atoms with Gasteiger partial charge in [-0.05, 0) is 12.1 Å². The van der Waals surface area contributed by atoms with Gasteiger partial charge in [-0.3, -0.25) is 4.79 Å². The van der Waals surface area contributed by atoms with Gasteiger partial charge in [0.15, 0.2) is 29.3 Å². The van der Waals surface area contributed by atoms with Crippen LogP contribution in [0.1, 0.15) is 0 Å². The second-order valence-corrected chi connectivity index (χ2v) is 9.97. The zero-order valence-corrected chi connectivity index (χ0v) is 21.8. The molecule has 2 aliphatic heterocycles. The summed E-state index contributed by atoms with van der Waals surface area (Å²) in [5.74, 6) is -5.04. The molecule has 0 amide bonds. The van der Waals surface area contributed by atoms with E-state index in [2.05, 4.69) is 0 Å². The smallest absolute Gasteiger partial charge is 0.239 e. The molecule has 0 radical (unpaired) electrons. The number of benzene rings is 2. The highest BCUT2D eigenvalue weighted by Gasteiger charge is 2.49. The van der Waals surface area contributed by atoms with Gasteiger partial charge in [-0.2, -0.15) is 0 Å². The zero-order chi connectivity index (χ0) is 31.3. The molecule has 0 saturated carbocycles. The highest BCUT2D eigenvalue weighted by Crippen LogP contribution is 2.43. The summed E-state index contributed by atoms with van der Waals surface area (Å²) < 4.78 is 27.5. The third kappa shape index (κ3) is 5.49. The molecule has 0 aliphatic carbocycles. The van der Waals surface area contributed by atoms with E-state index in [9.17, 15) is 61.0 Å². The van der Waals surface area contributed by atoms with Gasteiger partial charge in [0.25, 0.3) is 0 Å². The third-order valence-corrected chi connectivity index (χ3v) is 7.05. The van der Waals surface area contributed by atoms with Crippen LogP contribution in [-0.2, 0) is 14.2 Å². The lowest BCUT2D eigenvalue weighted by Gasteiger charge is -2.44. The molecule has 43 heavy (non-hydrogen) atoms. The monoisotopic (exact) mass is 612 g/mol. The maximum absolute atomic E-state index is 13.6.